The maximum atomic E-state index is 12.7. The zero-order valence-corrected chi connectivity index (χ0v) is 28.2. The van der Waals surface area contributed by atoms with Crippen molar-refractivity contribution in [2.45, 2.75) is 56.0 Å². The maximum Gasteiger partial charge on any atom is 0.478 e. The van der Waals surface area contributed by atoms with Crippen molar-refractivity contribution in [3.05, 3.63) is 66.2 Å². The minimum atomic E-state index is -5.66. The zero-order chi connectivity index (χ0) is 36.8. The molecule has 0 aliphatic carbocycles. The third-order valence-corrected chi connectivity index (χ3v) is 10.7. The number of phosphoric acid groups is 2. The SMILES string of the molecule is Cc1ccc(-c2nc3c(N)ncnc3n2[C@@H]2O[C@H](COP(=O)(O)OP(=O)([O-])OC[C@H]3O[C@@H]([n+]4cccc(C(N)=O)c4)[C@H](O)[C@@H]3O)[C@@H](O)[C@H]2O)cc1. The number of aromatic nitrogens is 5. The van der Waals surface area contributed by atoms with Crippen LogP contribution in [0.2, 0.25) is 0 Å². The lowest BCUT2D eigenvalue weighted by molar-refractivity contribution is -0.765. The highest BCUT2D eigenvalue weighted by molar-refractivity contribution is 7.60. The molecule has 2 aliphatic rings. The molecule has 10 atom stereocenters. The largest absolute Gasteiger partial charge is 0.756 e. The van der Waals surface area contributed by atoms with Crippen LogP contribution in [0.15, 0.2) is 55.1 Å². The summed E-state index contributed by atoms with van der Waals surface area (Å²) >= 11 is 0. The molecule has 0 spiro atoms. The number of carbonyl (C=O) groups excluding carboxylic acids is 1. The first-order valence-electron chi connectivity index (χ1n) is 15.1. The Morgan fingerprint density at radius 3 is 2.37 bits per heavy atom. The van der Waals surface area contributed by atoms with Crippen LogP contribution in [0.1, 0.15) is 28.4 Å². The second-order valence-electron chi connectivity index (χ2n) is 11.7. The number of hydrogen-bond donors (Lipinski definition) is 7. The normalized spacial score (nSPS) is 28.8. The van der Waals surface area contributed by atoms with Gasteiger partial charge < -0.3 is 55.7 Å². The number of rotatable bonds is 12. The Balaban J connectivity index is 1.10. The Kier molecular flexibility index (Phi) is 10.4. The van der Waals surface area contributed by atoms with Crippen LogP contribution in [0.3, 0.4) is 0 Å². The van der Waals surface area contributed by atoms with Gasteiger partial charge in [-0.25, -0.2) is 23.8 Å². The molecule has 1 amide bonds. The quantitative estimate of drug-likeness (QED) is 0.0628. The van der Waals surface area contributed by atoms with E-state index < -0.39 is 83.8 Å². The highest BCUT2D eigenvalue weighted by atomic mass is 31.3. The minimum absolute atomic E-state index is 0.0292. The van der Waals surface area contributed by atoms with Crippen LogP contribution in [0.4, 0.5) is 5.82 Å². The molecular formula is C28H33N7O14P2. The molecular weight excluding hydrogens is 720 g/mol. The topological polar surface area (TPSA) is 321 Å². The summed E-state index contributed by atoms with van der Waals surface area (Å²) in [7, 11) is -11.2. The summed E-state index contributed by atoms with van der Waals surface area (Å²) in [6, 6.07) is 9.96. The fraction of sp³-hybridized carbons (Fsp3) is 0.393. The monoisotopic (exact) mass is 753 g/mol. The van der Waals surface area contributed by atoms with Gasteiger partial charge in [0.15, 0.2) is 41.7 Å². The Morgan fingerprint density at radius 1 is 1.00 bits per heavy atom. The van der Waals surface area contributed by atoms with Gasteiger partial charge in [-0.15, -0.1) is 0 Å². The van der Waals surface area contributed by atoms with Crippen LogP contribution in [0.5, 0.6) is 0 Å². The molecule has 0 bridgehead atoms. The fourth-order valence-electron chi connectivity index (χ4n) is 5.57. The van der Waals surface area contributed by atoms with E-state index in [2.05, 4.69) is 23.8 Å². The lowest BCUT2D eigenvalue weighted by Gasteiger charge is -2.26. The number of aliphatic hydroxyl groups is 4. The van der Waals surface area contributed by atoms with Crippen LogP contribution in [0, 0.1) is 6.92 Å². The van der Waals surface area contributed by atoms with E-state index in [1.807, 2.05) is 19.1 Å². The van der Waals surface area contributed by atoms with Crippen molar-refractivity contribution in [2.24, 2.45) is 5.73 Å². The Labute approximate surface area is 287 Å². The molecule has 23 heteroatoms. The van der Waals surface area contributed by atoms with Crippen LogP contribution in [-0.4, -0.2) is 101 Å². The second-order valence-corrected chi connectivity index (χ2v) is 14.7. The van der Waals surface area contributed by atoms with Gasteiger partial charge in [0, 0.05) is 11.6 Å². The second kappa shape index (κ2) is 14.3. The molecule has 0 radical (unpaired) electrons. The van der Waals surface area contributed by atoms with Crippen molar-refractivity contribution < 1.29 is 71.5 Å². The molecule has 2 fully saturated rings. The van der Waals surface area contributed by atoms with Crippen molar-refractivity contribution in [1.82, 2.24) is 19.5 Å². The number of nitrogens with zero attached hydrogens (tertiary/aromatic N) is 5. The van der Waals surface area contributed by atoms with Gasteiger partial charge in [-0.05, 0) is 13.0 Å². The number of amides is 1. The van der Waals surface area contributed by atoms with Crippen molar-refractivity contribution in [3.63, 3.8) is 0 Å². The zero-order valence-electron chi connectivity index (χ0n) is 26.4. The Bertz CT molecular complexity index is 2020. The first-order chi connectivity index (χ1) is 24.0. The summed E-state index contributed by atoms with van der Waals surface area (Å²) in [5.74, 6) is -0.507. The van der Waals surface area contributed by atoms with Crippen LogP contribution in [0.25, 0.3) is 22.6 Å². The van der Waals surface area contributed by atoms with Gasteiger partial charge in [0.2, 0.25) is 0 Å². The van der Waals surface area contributed by atoms with Crippen molar-refractivity contribution in [3.8, 4) is 11.4 Å². The van der Waals surface area contributed by atoms with Gasteiger partial charge in [0.25, 0.3) is 20.0 Å². The van der Waals surface area contributed by atoms with Gasteiger partial charge in [-0.2, -0.15) is 4.57 Å². The van der Waals surface area contributed by atoms with E-state index in [-0.39, 0.29) is 28.4 Å². The number of fused-ring (bicyclic) bond motifs is 1. The number of imidazole rings is 1. The van der Waals surface area contributed by atoms with Crippen molar-refractivity contribution >= 4 is 38.5 Å². The summed E-state index contributed by atoms with van der Waals surface area (Å²) in [4.78, 5) is 46.9. The molecule has 6 rings (SSSR count). The number of ether oxygens (including phenoxy) is 2. The number of nitrogens with two attached hydrogens (primary N) is 2. The summed E-state index contributed by atoms with van der Waals surface area (Å²) in [6.45, 7) is -0.0430. The number of aliphatic hydroxyl groups excluding tert-OH is 4. The standard InChI is InChI=1S/C28H33N7O14P2/c1-13-4-6-14(7-5-13)25-33-18-23(29)31-12-32-26(18)35(25)28-22(39)20(37)17(48-28)11-46-51(43,44)49-50(41,42)45-10-16-19(36)21(38)27(47-16)34-8-2-3-15(9-34)24(30)40/h2-9,12,16-17,19-22,27-28,36-39H,10-11H2,1H3,(H5-,29,30,31,32,40,41,42,43,44)/t16-,17-,19-,20-,21-,22-,27-,28-/m1/s1. The summed E-state index contributed by atoms with van der Waals surface area (Å²) in [5, 5.41) is 42.7. The summed E-state index contributed by atoms with van der Waals surface area (Å²) in [5.41, 5.74) is 13.2. The number of phosphoric ester groups is 2. The third kappa shape index (κ3) is 7.71. The molecule has 0 saturated carbocycles. The number of benzene rings is 1. The number of pyridine rings is 1. The van der Waals surface area contributed by atoms with E-state index in [1.54, 1.807) is 12.1 Å². The van der Waals surface area contributed by atoms with E-state index in [4.69, 9.17) is 25.5 Å². The molecule has 51 heavy (non-hydrogen) atoms. The minimum Gasteiger partial charge on any atom is -0.756 e. The highest BCUT2D eigenvalue weighted by Crippen LogP contribution is 2.58. The summed E-state index contributed by atoms with van der Waals surface area (Å²) < 4.78 is 52.7. The predicted octanol–water partition coefficient (Wildman–Crippen LogP) is -1.67. The Morgan fingerprint density at radius 2 is 1.67 bits per heavy atom. The summed E-state index contributed by atoms with van der Waals surface area (Å²) in [6.07, 6.45) is -8.56. The molecule has 3 aromatic heterocycles. The lowest BCUT2D eigenvalue weighted by Crippen LogP contribution is -2.46. The van der Waals surface area contributed by atoms with E-state index >= 15 is 0 Å². The van der Waals surface area contributed by atoms with E-state index in [0.29, 0.717) is 5.56 Å². The molecule has 2 unspecified atom stereocenters. The smallest absolute Gasteiger partial charge is 0.478 e. The average molecular weight is 754 g/mol. The molecule has 5 heterocycles. The van der Waals surface area contributed by atoms with Gasteiger partial charge in [0.05, 0.1) is 13.2 Å². The molecule has 9 N–H and O–H groups in total. The first-order valence-corrected chi connectivity index (χ1v) is 18.0. The molecule has 274 valence electrons. The first kappa shape index (κ1) is 37.0. The number of hydrogen-bond acceptors (Lipinski definition) is 17. The van der Waals surface area contributed by atoms with Crippen LogP contribution < -0.4 is 20.9 Å². The number of anilines is 1. The van der Waals surface area contributed by atoms with E-state index in [9.17, 15) is 44.1 Å². The van der Waals surface area contributed by atoms with E-state index in [1.165, 1.54) is 40.0 Å². The Hall–Kier alpha value is -3.79. The van der Waals surface area contributed by atoms with Crippen LogP contribution in [-0.2, 0) is 32.0 Å². The van der Waals surface area contributed by atoms with Gasteiger partial charge in [-0.1, -0.05) is 29.8 Å². The number of primary amides is 1. The average Bonchev–Trinajstić information content (AvgIpc) is 3.70. The molecule has 2 aliphatic heterocycles. The van der Waals surface area contributed by atoms with E-state index in [0.717, 1.165) is 5.56 Å². The van der Waals surface area contributed by atoms with Crippen LogP contribution >= 0.6 is 15.6 Å². The molecule has 1 aromatic carbocycles. The molecule has 2 saturated heterocycles. The fourth-order valence-corrected chi connectivity index (χ4v) is 7.62. The maximum absolute atomic E-state index is 12.7. The third-order valence-electron chi connectivity index (χ3n) is 8.15. The predicted molar refractivity (Wildman–Crippen MR) is 167 cm³/mol. The lowest BCUT2D eigenvalue weighted by atomic mass is 10.1. The van der Waals surface area contributed by atoms with Gasteiger partial charge >= 0.3 is 7.82 Å². The number of nitrogen functional groups attached to an aromatic ring is 1. The number of carbonyl (C=O) groups is 1. The van der Waals surface area contributed by atoms with Gasteiger partial charge in [-0.3, -0.25) is 18.5 Å². The molecule has 4 aromatic rings. The highest BCUT2D eigenvalue weighted by Gasteiger charge is 2.49. The van der Waals surface area contributed by atoms with Gasteiger partial charge in [0.1, 0.15) is 48.2 Å². The van der Waals surface area contributed by atoms with Crippen molar-refractivity contribution in [1.29, 1.82) is 0 Å². The molecule has 21 nitrogen and oxygen atoms in total. The number of aryl methyl sites for hydroxylation is 1. The van der Waals surface area contributed by atoms with Crippen molar-refractivity contribution in [2.75, 3.05) is 18.9 Å².